The maximum absolute atomic E-state index is 11.5. The van der Waals surface area contributed by atoms with E-state index in [1.165, 1.54) is 7.11 Å². The van der Waals surface area contributed by atoms with Crippen molar-refractivity contribution >= 4 is 16.0 Å². The van der Waals surface area contributed by atoms with Crippen LogP contribution in [0.2, 0.25) is 0 Å². The minimum absolute atomic E-state index is 0.0469. The van der Waals surface area contributed by atoms with Crippen molar-refractivity contribution in [2.45, 2.75) is 26.2 Å². The van der Waals surface area contributed by atoms with Crippen molar-refractivity contribution in [2.75, 3.05) is 26.0 Å². The largest absolute Gasteiger partial charge is 0.469 e. The van der Waals surface area contributed by atoms with Crippen LogP contribution in [0.4, 0.5) is 0 Å². The zero-order chi connectivity index (χ0) is 13.3. The van der Waals surface area contributed by atoms with Gasteiger partial charge in [0, 0.05) is 19.6 Å². The van der Waals surface area contributed by atoms with Crippen molar-refractivity contribution in [2.24, 2.45) is 5.92 Å². The molecule has 0 aliphatic rings. The fourth-order valence-corrected chi connectivity index (χ4v) is 2.38. The van der Waals surface area contributed by atoms with Crippen molar-refractivity contribution in [3.8, 4) is 0 Å². The lowest BCUT2D eigenvalue weighted by atomic mass is 10.1. The number of aliphatic hydroxyl groups excluding tert-OH is 1. The highest BCUT2D eigenvalue weighted by molar-refractivity contribution is 7.89. The van der Waals surface area contributed by atoms with Gasteiger partial charge in [-0.3, -0.25) is 4.79 Å². The molecule has 6 nitrogen and oxygen atoms in total. The number of rotatable bonds is 9. The Morgan fingerprint density at radius 2 is 2.12 bits per heavy atom. The Kier molecular flexibility index (Phi) is 8.11. The molecule has 2 N–H and O–H groups in total. The van der Waals surface area contributed by atoms with Gasteiger partial charge in [-0.2, -0.15) is 0 Å². The predicted octanol–water partition coefficient (Wildman–Crippen LogP) is -0.122. The summed E-state index contributed by atoms with van der Waals surface area (Å²) in [6.45, 7) is 2.21. The molecule has 102 valence electrons. The van der Waals surface area contributed by atoms with E-state index >= 15 is 0 Å². The molecule has 1 unspecified atom stereocenters. The first-order chi connectivity index (χ1) is 7.91. The van der Waals surface area contributed by atoms with Crippen molar-refractivity contribution in [3.63, 3.8) is 0 Å². The van der Waals surface area contributed by atoms with E-state index < -0.39 is 16.0 Å². The van der Waals surface area contributed by atoms with Crippen molar-refractivity contribution in [1.82, 2.24) is 4.72 Å². The van der Waals surface area contributed by atoms with Gasteiger partial charge in [0.2, 0.25) is 10.0 Å². The molecule has 0 aromatic rings. The molecular weight excluding hydrogens is 246 g/mol. The topological polar surface area (TPSA) is 92.7 Å². The molecule has 1 atom stereocenters. The highest BCUT2D eigenvalue weighted by Crippen LogP contribution is 2.01. The standard InChI is InChI=1S/C10H21NO5S/c1-9(5-6-12)8-11-17(14,15)7-3-4-10(13)16-2/h9,11-12H,3-8H2,1-2H3. The van der Waals surface area contributed by atoms with Crippen molar-refractivity contribution in [1.29, 1.82) is 0 Å². The second-order valence-electron chi connectivity index (χ2n) is 3.96. The number of methoxy groups -OCH3 is 1. The van der Waals surface area contributed by atoms with Gasteiger partial charge in [0.05, 0.1) is 12.9 Å². The summed E-state index contributed by atoms with van der Waals surface area (Å²) in [6, 6.07) is 0. The van der Waals surface area contributed by atoms with Crippen molar-refractivity contribution < 1.29 is 23.1 Å². The third-order valence-electron chi connectivity index (χ3n) is 2.30. The van der Waals surface area contributed by atoms with Crippen LogP contribution < -0.4 is 4.72 Å². The molecule has 0 aromatic heterocycles. The van der Waals surface area contributed by atoms with Crippen LogP contribution in [-0.4, -0.2) is 45.5 Å². The van der Waals surface area contributed by atoms with Crippen LogP contribution in [0, 0.1) is 5.92 Å². The molecule has 0 amide bonds. The molecule has 17 heavy (non-hydrogen) atoms. The molecule has 0 radical (unpaired) electrons. The lowest BCUT2D eigenvalue weighted by Gasteiger charge is -2.11. The molecule has 0 saturated carbocycles. The molecule has 0 rings (SSSR count). The average Bonchev–Trinajstić information content (AvgIpc) is 2.26. The van der Waals surface area contributed by atoms with E-state index in [9.17, 15) is 13.2 Å². The fraction of sp³-hybridized carbons (Fsp3) is 0.900. The Bertz CT molecular complexity index is 315. The summed E-state index contributed by atoms with van der Waals surface area (Å²) >= 11 is 0. The Morgan fingerprint density at radius 3 is 2.65 bits per heavy atom. The Hall–Kier alpha value is -0.660. The number of ether oxygens (including phenoxy) is 1. The summed E-state index contributed by atoms with van der Waals surface area (Å²) in [5.74, 6) is -0.405. The number of esters is 1. The van der Waals surface area contributed by atoms with E-state index in [1.807, 2.05) is 6.92 Å². The summed E-state index contributed by atoms with van der Waals surface area (Å²) in [6.07, 6.45) is 0.907. The van der Waals surface area contributed by atoms with Gasteiger partial charge in [-0.05, 0) is 18.8 Å². The molecule has 0 spiro atoms. The Balaban J connectivity index is 3.84. The summed E-state index contributed by atoms with van der Waals surface area (Å²) in [5.41, 5.74) is 0. The van der Waals surface area contributed by atoms with Gasteiger partial charge in [-0.25, -0.2) is 13.1 Å². The fourth-order valence-electron chi connectivity index (χ4n) is 1.17. The van der Waals surface area contributed by atoms with Crippen LogP contribution in [-0.2, 0) is 19.6 Å². The van der Waals surface area contributed by atoms with Gasteiger partial charge in [0.25, 0.3) is 0 Å². The van der Waals surface area contributed by atoms with Gasteiger partial charge in [0.1, 0.15) is 0 Å². The van der Waals surface area contributed by atoms with Gasteiger partial charge in [0.15, 0.2) is 0 Å². The molecule has 0 aliphatic carbocycles. The number of aliphatic hydroxyl groups is 1. The summed E-state index contributed by atoms with van der Waals surface area (Å²) < 4.78 is 29.8. The molecule has 0 fully saturated rings. The van der Waals surface area contributed by atoms with Crippen LogP contribution in [0.3, 0.4) is 0 Å². The van der Waals surface area contributed by atoms with E-state index in [1.54, 1.807) is 0 Å². The second kappa shape index (κ2) is 8.43. The third-order valence-corrected chi connectivity index (χ3v) is 3.73. The normalized spacial score (nSPS) is 13.4. The number of sulfonamides is 1. The van der Waals surface area contributed by atoms with E-state index in [4.69, 9.17) is 5.11 Å². The van der Waals surface area contributed by atoms with Crippen molar-refractivity contribution in [3.05, 3.63) is 0 Å². The third kappa shape index (κ3) is 9.08. The molecule has 0 saturated heterocycles. The first-order valence-corrected chi connectivity index (χ1v) is 7.21. The summed E-state index contributed by atoms with van der Waals surface area (Å²) in [5, 5.41) is 8.67. The average molecular weight is 267 g/mol. The Labute approximate surface area is 102 Å². The zero-order valence-electron chi connectivity index (χ0n) is 10.3. The summed E-state index contributed by atoms with van der Waals surface area (Å²) in [7, 11) is -2.07. The predicted molar refractivity (Wildman–Crippen MR) is 63.9 cm³/mol. The molecule has 0 aromatic carbocycles. The maximum Gasteiger partial charge on any atom is 0.305 e. The molecule has 0 heterocycles. The highest BCUT2D eigenvalue weighted by atomic mass is 32.2. The van der Waals surface area contributed by atoms with Crippen LogP contribution in [0.15, 0.2) is 0 Å². The SMILES string of the molecule is COC(=O)CCCS(=O)(=O)NCC(C)CCO. The first-order valence-electron chi connectivity index (χ1n) is 5.56. The number of hydrogen-bond acceptors (Lipinski definition) is 5. The number of hydrogen-bond donors (Lipinski definition) is 2. The molecule has 0 bridgehead atoms. The first kappa shape index (κ1) is 16.3. The van der Waals surface area contributed by atoms with Crippen LogP contribution in [0.1, 0.15) is 26.2 Å². The Morgan fingerprint density at radius 1 is 1.47 bits per heavy atom. The van der Waals surface area contributed by atoms with Gasteiger partial charge in [-0.15, -0.1) is 0 Å². The van der Waals surface area contributed by atoms with E-state index in [0.29, 0.717) is 13.0 Å². The maximum atomic E-state index is 11.5. The minimum Gasteiger partial charge on any atom is -0.469 e. The summed E-state index contributed by atoms with van der Waals surface area (Å²) in [4.78, 5) is 10.8. The number of nitrogens with one attached hydrogen (secondary N) is 1. The zero-order valence-corrected chi connectivity index (χ0v) is 11.1. The quantitative estimate of drug-likeness (QED) is 0.568. The monoisotopic (exact) mass is 267 g/mol. The molecule has 0 aliphatic heterocycles. The number of carbonyl (C=O) groups is 1. The highest BCUT2D eigenvalue weighted by Gasteiger charge is 2.12. The smallest absolute Gasteiger partial charge is 0.305 e. The molecule has 7 heteroatoms. The van der Waals surface area contributed by atoms with Gasteiger partial charge >= 0.3 is 5.97 Å². The minimum atomic E-state index is -3.34. The van der Waals surface area contributed by atoms with Crippen LogP contribution in [0.25, 0.3) is 0 Å². The van der Waals surface area contributed by atoms with E-state index in [-0.39, 0.29) is 31.1 Å². The van der Waals surface area contributed by atoms with Gasteiger partial charge in [-0.1, -0.05) is 6.92 Å². The van der Waals surface area contributed by atoms with E-state index in [2.05, 4.69) is 9.46 Å². The van der Waals surface area contributed by atoms with Crippen LogP contribution >= 0.6 is 0 Å². The number of carbonyl (C=O) groups excluding carboxylic acids is 1. The lowest BCUT2D eigenvalue weighted by molar-refractivity contribution is -0.140. The lowest BCUT2D eigenvalue weighted by Crippen LogP contribution is -2.31. The van der Waals surface area contributed by atoms with Gasteiger partial charge < -0.3 is 9.84 Å². The van der Waals surface area contributed by atoms with Crippen LogP contribution in [0.5, 0.6) is 0 Å². The second-order valence-corrected chi connectivity index (χ2v) is 5.89. The van der Waals surface area contributed by atoms with E-state index in [0.717, 1.165) is 0 Å². The molecular formula is C10H21NO5S.